The maximum absolute atomic E-state index is 13.1. The largest absolute Gasteiger partial charge is 0.507 e. The van der Waals surface area contributed by atoms with Crippen LogP contribution in [0.1, 0.15) is 28.3 Å². The second-order valence-electron chi connectivity index (χ2n) is 7.59. The van der Waals surface area contributed by atoms with E-state index in [9.17, 15) is 19.8 Å². The molecule has 0 spiro atoms. The second kappa shape index (κ2) is 8.55. The van der Waals surface area contributed by atoms with E-state index in [2.05, 4.69) is 4.98 Å². The Bertz CT molecular complexity index is 1200. The van der Waals surface area contributed by atoms with Crippen molar-refractivity contribution in [3.8, 4) is 11.5 Å². The number of rotatable bonds is 5. The predicted octanol–water partition coefficient (Wildman–Crippen LogP) is 3.73. The van der Waals surface area contributed by atoms with Crippen molar-refractivity contribution in [2.24, 2.45) is 0 Å². The van der Waals surface area contributed by atoms with Gasteiger partial charge in [-0.05, 0) is 36.2 Å². The minimum absolute atomic E-state index is 0.0181. The van der Waals surface area contributed by atoms with Crippen LogP contribution < -0.4 is 4.74 Å². The fraction of sp³-hybridized carbons (Fsp3) is 0.160. The Morgan fingerprint density at radius 2 is 1.88 bits per heavy atom. The number of nitrogens with zero attached hydrogens (tertiary/aromatic N) is 2. The number of hydrogen-bond donors (Lipinski definition) is 2. The molecule has 0 saturated carbocycles. The molecular formula is C25H22N2O5. The number of hydrogen-bond acceptors (Lipinski definition) is 6. The molecule has 7 nitrogen and oxygen atoms in total. The molecule has 1 aliphatic heterocycles. The molecule has 1 fully saturated rings. The Morgan fingerprint density at radius 3 is 2.53 bits per heavy atom. The number of ketones is 1. The van der Waals surface area contributed by atoms with Gasteiger partial charge in [-0.2, -0.15) is 0 Å². The molecule has 0 aliphatic carbocycles. The third-order valence-corrected chi connectivity index (χ3v) is 5.46. The summed E-state index contributed by atoms with van der Waals surface area (Å²) in [6.07, 6.45) is 3.24. The zero-order valence-electron chi connectivity index (χ0n) is 17.6. The van der Waals surface area contributed by atoms with Crippen LogP contribution in [0, 0.1) is 6.92 Å². The third-order valence-electron chi connectivity index (χ3n) is 5.46. The van der Waals surface area contributed by atoms with Crippen LogP contribution in [0.2, 0.25) is 0 Å². The number of carbonyl (C=O) groups excluding carboxylic acids is 2. The van der Waals surface area contributed by atoms with Gasteiger partial charge in [0.1, 0.15) is 5.76 Å². The average Bonchev–Trinajstić information content (AvgIpc) is 3.05. The van der Waals surface area contributed by atoms with Crippen LogP contribution in [-0.4, -0.2) is 38.9 Å². The molecule has 0 bridgehead atoms. The maximum Gasteiger partial charge on any atom is 0.295 e. The first-order valence-corrected chi connectivity index (χ1v) is 10.0. The van der Waals surface area contributed by atoms with Crippen molar-refractivity contribution in [2.45, 2.75) is 19.5 Å². The zero-order valence-corrected chi connectivity index (χ0v) is 17.6. The lowest BCUT2D eigenvalue weighted by Crippen LogP contribution is -2.29. The SMILES string of the molecule is COc1cc([C@@H]2C(=C(O)c3ccc(C)cc3)C(=O)C(=O)N2Cc2cccnc2)ccc1O. The number of phenolic OH excluding ortho intramolecular Hbond substituents is 1. The van der Waals surface area contributed by atoms with Gasteiger partial charge in [0.25, 0.3) is 11.7 Å². The molecule has 2 N–H and O–H groups in total. The minimum Gasteiger partial charge on any atom is -0.507 e. The smallest absolute Gasteiger partial charge is 0.295 e. The Labute approximate surface area is 185 Å². The van der Waals surface area contributed by atoms with Crippen LogP contribution in [0.3, 0.4) is 0 Å². The molecule has 4 rings (SSSR count). The number of phenols is 1. The third kappa shape index (κ3) is 3.80. The Hall–Kier alpha value is -4.13. The number of aromatic hydroxyl groups is 1. The highest BCUT2D eigenvalue weighted by molar-refractivity contribution is 6.46. The average molecular weight is 430 g/mol. The number of amides is 1. The molecule has 7 heteroatoms. The van der Waals surface area contributed by atoms with Gasteiger partial charge in [0.05, 0.1) is 18.7 Å². The number of aromatic nitrogens is 1. The van der Waals surface area contributed by atoms with Gasteiger partial charge in [-0.3, -0.25) is 14.6 Å². The highest BCUT2D eigenvalue weighted by Crippen LogP contribution is 2.42. The molecule has 2 heterocycles. The monoisotopic (exact) mass is 430 g/mol. The zero-order chi connectivity index (χ0) is 22.8. The summed E-state index contributed by atoms with van der Waals surface area (Å²) in [5, 5.41) is 21.1. The van der Waals surface area contributed by atoms with Crippen molar-refractivity contribution in [1.29, 1.82) is 0 Å². The van der Waals surface area contributed by atoms with Gasteiger partial charge in [0.15, 0.2) is 11.5 Å². The first-order chi connectivity index (χ1) is 15.4. The van der Waals surface area contributed by atoms with Crippen LogP contribution in [0.15, 0.2) is 72.6 Å². The van der Waals surface area contributed by atoms with Crippen molar-refractivity contribution in [3.05, 3.63) is 94.8 Å². The van der Waals surface area contributed by atoms with Crippen LogP contribution in [0.5, 0.6) is 11.5 Å². The van der Waals surface area contributed by atoms with E-state index in [-0.39, 0.29) is 29.4 Å². The van der Waals surface area contributed by atoms with Crippen LogP contribution in [-0.2, 0) is 16.1 Å². The summed E-state index contributed by atoms with van der Waals surface area (Å²) < 4.78 is 5.22. The quantitative estimate of drug-likeness (QED) is 0.364. The van der Waals surface area contributed by atoms with E-state index in [0.29, 0.717) is 11.1 Å². The fourth-order valence-corrected chi connectivity index (χ4v) is 3.81. The number of methoxy groups -OCH3 is 1. The van der Waals surface area contributed by atoms with Crippen LogP contribution in [0.4, 0.5) is 0 Å². The van der Waals surface area contributed by atoms with Gasteiger partial charge >= 0.3 is 0 Å². The fourth-order valence-electron chi connectivity index (χ4n) is 3.81. The number of benzene rings is 2. The number of aliphatic hydroxyl groups is 1. The molecule has 1 atom stereocenters. The van der Waals surface area contributed by atoms with Crippen molar-refractivity contribution in [1.82, 2.24) is 9.88 Å². The maximum atomic E-state index is 13.1. The highest BCUT2D eigenvalue weighted by Gasteiger charge is 2.46. The molecule has 1 saturated heterocycles. The summed E-state index contributed by atoms with van der Waals surface area (Å²) in [6, 6.07) is 14.3. The molecule has 0 unspecified atom stereocenters. The lowest BCUT2D eigenvalue weighted by Gasteiger charge is -2.25. The van der Waals surface area contributed by atoms with E-state index >= 15 is 0 Å². The number of likely N-dealkylation sites (tertiary alicyclic amines) is 1. The first-order valence-electron chi connectivity index (χ1n) is 10.0. The van der Waals surface area contributed by atoms with Crippen molar-refractivity contribution in [2.75, 3.05) is 7.11 Å². The summed E-state index contributed by atoms with van der Waals surface area (Å²) in [5.74, 6) is -1.62. The number of ether oxygens (including phenoxy) is 1. The van der Waals surface area contributed by atoms with Gasteiger partial charge < -0.3 is 19.8 Å². The van der Waals surface area contributed by atoms with Crippen LogP contribution in [0.25, 0.3) is 5.76 Å². The summed E-state index contributed by atoms with van der Waals surface area (Å²) in [4.78, 5) is 31.6. The molecule has 1 amide bonds. The number of aryl methyl sites for hydroxylation is 1. The lowest BCUT2D eigenvalue weighted by atomic mass is 9.94. The summed E-state index contributed by atoms with van der Waals surface area (Å²) >= 11 is 0. The van der Waals surface area contributed by atoms with E-state index in [1.165, 1.54) is 18.1 Å². The number of Topliss-reactive ketones (excluding diaryl/α,β-unsaturated/α-hetero) is 1. The molecule has 32 heavy (non-hydrogen) atoms. The van der Waals surface area contributed by atoms with Gasteiger partial charge in [-0.25, -0.2) is 0 Å². The Balaban J connectivity index is 1.89. The predicted molar refractivity (Wildman–Crippen MR) is 118 cm³/mol. The first kappa shape index (κ1) is 21.1. The number of aliphatic hydroxyl groups excluding tert-OH is 1. The molecule has 0 radical (unpaired) electrons. The van der Waals surface area contributed by atoms with E-state index in [0.717, 1.165) is 11.1 Å². The van der Waals surface area contributed by atoms with Gasteiger partial charge in [0.2, 0.25) is 0 Å². The second-order valence-corrected chi connectivity index (χ2v) is 7.59. The van der Waals surface area contributed by atoms with Crippen molar-refractivity contribution in [3.63, 3.8) is 0 Å². The van der Waals surface area contributed by atoms with Gasteiger partial charge in [-0.15, -0.1) is 0 Å². The minimum atomic E-state index is -0.869. The van der Waals surface area contributed by atoms with E-state index in [1.807, 2.05) is 19.1 Å². The summed E-state index contributed by atoms with van der Waals surface area (Å²) in [7, 11) is 1.41. The topological polar surface area (TPSA) is 100.0 Å². The summed E-state index contributed by atoms with van der Waals surface area (Å²) in [5.41, 5.74) is 2.68. The molecule has 1 aromatic heterocycles. The lowest BCUT2D eigenvalue weighted by molar-refractivity contribution is -0.140. The van der Waals surface area contributed by atoms with Gasteiger partial charge in [-0.1, -0.05) is 42.0 Å². The van der Waals surface area contributed by atoms with Crippen molar-refractivity contribution >= 4 is 17.4 Å². The van der Waals surface area contributed by atoms with E-state index in [1.54, 1.807) is 48.8 Å². The van der Waals surface area contributed by atoms with E-state index < -0.39 is 17.7 Å². The molecule has 162 valence electrons. The molecular weight excluding hydrogens is 408 g/mol. The number of carbonyl (C=O) groups is 2. The Kier molecular flexibility index (Phi) is 5.64. The summed E-state index contributed by atoms with van der Waals surface area (Å²) in [6.45, 7) is 2.04. The molecule has 2 aromatic carbocycles. The van der Waals surface area contributed by atoms with E-state index in [4.69, 9.17) is 4.74 Å². The number of pyridine rings is 1. The Morgan fingerprint density at radius 1 is 1.12 bits per heavy atom. The standard InChI is InChI=1S/C25H22N2O5/c1-15-5-7-17(8-6-15)23(29)21-22(18-9-10-19(28)20(12-18)32-2)27(25(31)24(21)30)14-16-4-3-11-26-13-16/h3-13,22,28-29H,14H2,1-2H3/t22-/m1/s1. The highest BCUT2D eigenvalue weighted by atomic mass is 16.5. The molecule has 3 aromatic rings. The molecule has 1 aliphatic rings. The van der Waals surface area contributed by atoms with Crippen LogP contribution >= 0.6 is 0 Å². The van der Waals surface area contributed by atoms with Crippen molar-refractivity contribution < 1.29 is 24.5 Å². The normalized spacial score (nSPS) is 17.6. The van der Waals surface area contributed by atoms with Gasteiger partial charge in [0, 0.05) is 24.5 Å².